The highest BCUT2D eigenvalue weighted by Crippen LogP contribution is 2.31. The quantitative estimate of drug-likeness (QED) is 0.566. The Bertz CT molecular complexity index is 897. The third kappa shape index (κ3) is 4.18. The van der Waals surface area contributed by atoms with Gasteiger partial charge in [0.1, 0.15) is 0 Å². The maximum atomic E-state index is 11.0. The van der Waals surface area contributed by atoms with Gasteiger partial charge >= 0.3 is 5.97 Å². The molecule has 0 aliphatic heterocycles. The molecule has 0 aliphatic rings. The maximum Gasteiger partial charge on any atom is 0.303 e. The Kier molecular flexibility index (Phi) is 5.38. The Hall–Kier alpha value is -1.94. The van der Waals surface area contributed by atoms with Crippen molar-refractivity contribution in [2.45, 2.75) is 12.8 Å². The van der Waals surface area contributed by atoms with Crippen molar-refractivity contribution in [2.75, 3.05) is 0 Å². The molecular formula is C19H14Cl3NO2. The molecule has 0 bridgehead atoms. The van der Waals surface area contributed by atoms with Crippen LogP contribution in [0.15, 0.2) is 54.6 Å². The number of aromatic nitrogens is 1. The van der Waals surface area contributed by atoms with E-state index in [1.165, 1.54) is 0 Å². The summed E-state index contributed by atoms with van der Waals surface area (Å²) in [5, 5.41) is 10.7. The molecule has 0 unspecified atom stereocenters. The Morgan fingerprint density at radius 3 is 2.12 bits per heavy atom. The fraction of sp³-hybridized carbons (Fsp3) is 0.105. The summed E-state index contributed by atoms with van der Waals surface area (Å²) in [7, 11) is 0. The van der Waals surface area contributed by atoms with Gasteiger partial charge in [-0.3, -0.25) is 4.79 Å². The van der Waals surface area contributed by atoms with Gasteiger partial charge in [0.25, 0.3) is 0 Å². The highest BCUT2D eigenvalue weighted by Gasteiger charge is 2.14. The van der Waals surface area contributed by atoms with E-state index in [0.29, 0.717) is 21.5 Å². The topological polar surface area (TPSA) is 42.2 Å². The SMILES string of the molecule is O=C(O)CCc1ccc(-c2ccc(Cl)cc2)n1-c1cc(Cl)cc(Cl)c1. The number of aryl methyl sites for hydroxylation is 1. The normalized spacial score (nSPS) is 10.8. The van der Waals surface area contributed by atoms with Crippen LogP contribution in [0.4, 0.5) is 0 Å². The van der Waals surface area contributed by atoms with Gasteiger partial charge in [0, 0.05) is 26.4 Å². The molecule has 1 N–H and O–H groups in total. The molecule has 1 heterocycles. The van der Waals surface area contributed by atoms with Crippen molar-refractivity contribution in [3.8, 4) is 16.9 Å². The smallest absolute Gasteiger partial charge is 0.303 e. The first-order chi connectivity index (χ1) is 11.9. The second-order valence-corrected chi connectivity index (χ2v) is 6.88. The number of rotatable bonds is 5. The lowest BCUT2D eigenvalue weighted by molar-refractivity contribution is -0.136. The molecule has 6 heteroatoms. The van der Waals surface area contributed by atoms with Gasteiger partial charge in [-0.15, -0.1) is 0 Å². The van der Waals surface area contributed by atoms with Gasteiger partial charge in [0.15, 0.2) is 0 Å². The summed E-state index contributed by atoms with van der Waals surface area (Å²) in [5.74, 6) is -0.843. The lowest BCUT2D eigenvalue weighted by Crippen LogP contribution is -2.05. The molecule has 0 aliphatic carbocycles. The fourth-order valence-electron chi connectivity index (χ4n) is 2.73. The minimum Gasteiger partial charge on any atom is -0.481 e. The van der Waals surface area contributed by atoms with E-state index in [2.05, 4.69) is 0 Å². The minimum absolute atomic E-state index is 0.0400. The summed E-state index contributed by atoms with van der Waals surface area (Å²) >= 11 is 18.3. The van der Waals surface area contributed by atoms with Crippen LogP contribution in [0.2, 0.25) is 15.1 Å². The second-order valence-electron chi connectivity index (χ2n) is 5.57. The Morgan fingerprint density at radius 2 is 1.52 bits per heavy atom. The molecule has 3 aromatic rings. The number of carboxylic acids is 1. The first-order valence-electron chi connectivity index (χ1n) is 7.59. The van der Waals surface area contributed by atoms with Crippen LogP contribution in [-0.4, -0.2) is 15.6 Å². The highest BCUT2D eigenvalue weighted by molar-refractivity contribution is 6.34. The third-order valence-electron chi connectivity index (χ3n) is 3.80. The summed E-state index contributed by atoms with van der Waals surface area (Å²) < 4.78 is 1.98. The van der Waals surface area contributed by atoms with Crippen molar-refractivity contribution in [1.82, 2.24) is 4.57 Å². The molecule has 1 aromatic heterocycles. The summed E-state index contributed by atoms with van der Waals surface area (Å²) in [6.07, 6.45) is 0.436. The average Bonchev–Trinajstić information content (AvgIpc) is 2.96. The molecule has 2 aromatic carbocycles. The summed E-state index contributed by atoms with van der Waals surface area (Å²) in [6, 6.07) is 16.6. The lowest BCUT2D eigenvalue weighted by Gasteiger charge is -2.15. The predicted molar refractivity (Wildman–Crippen MR) is 102 cm³/mol. The molecule has 0 fully saturated rings. The van der Waals surface area contributed by atoms with Crippen molar-refractivity contribution in [2.24, 2.45) is 0 Å². The van der Waals surface area contributed by atoms with Gasteiger partial charge in [0.05, 0.1) is 12.1 Å². The van der Waals surface area contributed by atoms with Crippen molar-refractivity contribution in [1.29, 1.82) is 0 Å². The molecule has 0 atom stereocenters. The van der Waals surface area contributed by atoms with E-state index in [-0.39, 0.29) is 6.42 Å². The van der Waals surface area contributed by atoms with E-state index < -0.39 is 5.97 Å². The van der Waals surface area contributed by atoms with Crippen molar-refractivity contribution in [3.63, 3.8) is 0 Å². The van der Waals surface area contributed by atoms with Gasteiger partial charge < -0.3 is 9.67 Å². The molecule has 3 nitrogen and oxygen atoms in total. The first-order valence-corrected chi connectivity index (χ1v) is 8.72. The number of carbonyl (C=O) groups is 1. The van der Waals surface area contributed by atoms with Gasteiger partial charge in [-0.25, -0.2) is 0 Å². The summed E-state index contributed by atoms with van der Waals surface area (Å²) in [5.41, 5.74) is 3.52. The van der Waals surface area contributed by atoms with Gasteiger partial charge in [-0.1, -0.05) is 46.9 Å². The minimum atomic E-state index is -0.843. The second kappa shape index (κ2) is 7.52. The summed E-state index contributed by atoms with van der Waals surface area (Å²) in [4.78, 5) is 11.0. The number of halogens is 3. The standard InChI is InChI=1S/C19H14Cl3NO2/c20-13-3-1-12(2-4-13)18-7-5-16(6-8-19(24)25)23(18)17-10-14(21)9-15(22)11-17/h1-5,7,9-11H,6,8H2,(H,24,25). The zero-order valence-corrected chi connectivity index (χ0v) is 15.3. The van der Waals surface area contributed by atoms with E-state index in [4.69, 9.17) is 39.9 Å². The van der Waals surface area contributed by atoms with Crippen LogP contribution in [0.1, 0.15) is 12.1 Å². The van der Waals surface area contributed by atoms with Crippen molar-refractivity contribution in [3.05, 3.63) is 75.4 Å². The van der Waals surface area contributed by atoms with Gasteiger partial charge in [-0.2, -0.15) is 0 Å². The van der Waals surface area contributed by atoms with Crippen LogP contribution in [0.3, 0.4) is 0 Å². The van der Waals surface area contributed by atoms with Crippen molar-refractivity contribution < 1.29 is 9.90 Å². The molecule has 0 saturated heterocycles. The average molecular weight is 395 g/mol. The maximum absolute atomic E-state index is 11.0. The van der Waals surface area contributed by atoms with Crippen LogP contribution in [-0.2, 0) is 11.2 Å². The molecule has 25 heavy (non-hydrogen) atoms. The largest absolute Gasteiger partial charge is 0.481 e. The first kappa shape index (κ1) is 17.9. The number of aliphatic carboxylic acids is 1. The highest BCUT2D eigenvalue weighted by atomic mass is 35.5. The molecule has 0 saturated carbocycles. The Morgan fingerprint density at radius 1 is 0.880 bits per heavy atom. The zero-order chi connectivity index (χ0) is 18.0. The Balaban J connectivity index is 2.15. The number of benzene rings is 2. The number of nitrogens with zero attached hydrogens (tertiary/aromatic N) is 1. The molecule has 3 rings (SSSR count). The monoisotopic (exact) mass is 393 g/mol. The van der Waals surface area contributed by atoms with Gasteiger partial charge in [0.2, 0.25) is 0 Å². The third-order valence-corrected chi connectivity index (χ3v) is 4.49. The van der Waals surface area contributed by atoms with Crippen LogP contribution in [0.25, 0.3) is 16.9 Å². The van der Waals surface area contributed by atoms with E-state index in [0.717, 1.165) is 22.6 Å². The van der Waals surface area contributed by atoms with Crippen LogP contribution in [0, 0.1) is 0 Å². The summed E-state index contributed by atoms with van der Waals surface area (Å²) in [6.45, 7) is 0. The number of carboxylic acid groups (broad SMARTS) is 1. The number of hydrogen-bond acceptors (Lipinski definition) is 1. The van der Waals surface area contributed by atoms with Crippen LogP contribution in [0.5, 0.6) is 0 Å². The lowest BCUT2D eigenvalue weighted by atomic mass is 10.1. The van der Waals surface area contributed by atoms with E-state index in [1.807, 2.05) is 41.0 Å². The number of hydrogen-bond donors (Lipinski definition) is 1. The van der Waals surface area contributed by atoms with E-state index in [1.54, 1.807) is 18.2 Å². The van der Waals surface area contributed by atoms with E-state index >= 15 is 0 Å². The van der Waals surface area contributed by atoms with Crippen LogP contribution >= 0.6 is 34.8 Å². The molecule has 0 amide bonds. The van der Waals surface area contributed by atoms with Crippen LogP contribution < -0.4 is 0 Å². The molecule has 0 radical (unpaired) electrons. The molecule has 128 valence electrons. The Labute approximate surface area is 160 Å². The van der Waals surface area contributed by atoms with Crippen molar-refractivity contribution >= 4 is 40.8 Å². The van der Waals surface area contributed by atoms with E-state index in [9.17, 15) is 4.79 Å². The zero-order valence-electron chi connectivity index (χ0n) is 13.0. The predicted octanol–water partition coefficient (Wildman–Crippen LogP) is 6.12. The molecular weight excluding hydrogens is 381 g/mol. The van der Waals surface area contributed by atoms with Gasteiger partial charge in [-0.05, 0) is 54.4 Å². The fourth-order valence-corrected chi connectivity index (χ4v) is 3.37. The molecule has 0 spiro atoms.